The minimum atomic E-state index is -0.143. The van der Waals surface area contributed by atoms with E-state index in [0.717, 1.165) is 30.6 Å². The fourth-order valence-electron chi connectivity index (χ4n) is 2.25. The van der Waals surface area contributed by atoms with Crippen molar-refractivity contribution < 1.29 is 4.74 Å². The molecule has 0 aromatic heterocycles. The second kappa shape index (κ2) is 7.83. The van der Waals surface area contributed by atoms with Crippen molar-refractivity contribution in [1.29, 1.82) is 0 Å². The molecule has 2 atom stereocenters. The van der Waals surface area contributed by atoms with E-state index in [1.54, 1.807) is 0 Å². The lowest BCUT2D eigenvalue weighted by Crippen LogP contribution is -2.22. The molecule has 0 aliphatic heterocycles. The highest BCUT2D eigenvalue weighted by Crippen LogP contribution is 2.30. The van der Waals surface area contributed by atoms with Gasteiger partial charge >= 0.3 is 0 Å². The number of ether oxygens (including phenoxy) is 1. The second-order valence-electron chi connectivity index (χ2n) is 4.99. The Kier molecular flexibility index (Phi) is 5.78. The van der Waals surface area contributed by atoms with Crippen molar-refractivity contribution in [3.05, 3.63) is 71.8 Å². The summed E-state index contributed by atoms with van der Waals surface area (Å²) in [6, 6.07) is 20.3. The quantitative estimate of drug-likeness (QED) is 0.763. The third kappa shape index (κ3) is 3.92. The van der Waals surface area contributed by atoms with Gasteiger partial charge in [-0.15, -0.1) is 0 Å². The molecule has 2 aromatic rings. The molecule has 0 saturated heterocycles. The van der Waals surface area contributed by atoms with Gasteiger partial charge in [-0.25, -0.2) is 0 Å². The largest absolute Gasteiger partial charge is 0.372 e. The lowest BCUT2D eigenvalue weighted by molar-refractivity contribution is 0.0322. The molecule has 0 amide bonds. The van der Waals surface area contributed by atoms with Crippen LogP contribution in [0.4, 0.5) is 0 Å². The van der Waals surface area contributed by atoms with E-state index in [2.05, 4.69) is 31.2 Å². The maximum atomic E-state index is 6.43. The predicted octanol–water partition coefficient (Wildman–Crippen LogP) is 4.24. The number of hydrogen-bond donors (Lipinski definition) is 1. The zero-order valence-corrected chi connectivity index (χ0v) is 12.0. The van der Waals surface area contributed by atoms with Crippen LogP contribution in [0.1, 0.15) is 43.0 Å². The summed E-state index contributed by atoms with van der Waals surface area (Å²) in [5, 5.41) is 0. The van der Waals surface area contributed by atoms with Gasteiger partial charge < -0.3 is 10.5 Å². The maximum absolute atomic E-state index is 6.43. The first kappa shape index (κ1) is 14.8. The number of benzene rings is 2. The lowest BCUT2D eigenvalue weighted by atomic mass is 9.96. The van der Waals surface area contributed by atoms with Crippen molar-refractivity contribution in [2.75, 3.05) is 6.61 Å². The van der Waals surface area contributed by atoms with Crippen LogP contribution in [0, 0.1) is 0 Å². The summed E-state index contributed by atoms with van der Waals surface area (Å²) in [5.41, 5.74) is 8.68. The van der Waals surface area contributed by atoms with Gasteiger partial charge in [-0.1, -0.05) is 74.0 Å². The van der Waals surface area contributed by atoms with Crippen LogP contribution in [0.25, 0.3) is 0 Å². The summed E-state index contributed by atoms with van der Waals surface area (Å²) in [7, 11) is 0. The SMILES string of the molecule is CCCCOC(c1ccccc1)C(N)c1ccccc1. The van der Waals surface area contributed by atoms with Gasteiger partial charge in [0.05, 0.1) is 6.04 Å². The van der Waals surface area contributed by atoms with Crippen LogP contribution < -0.4 is 5.73 Å². The molecular formula is C18H23NO. The summed E-state index contributed by atoms with van der Waals surface area (Å²) in [6.45, 7) is 2.91. The van der Waals surface area contributed by atoms with Gasteiger partial charge in [-0.05, 0) is 17.5 Å². The molecule has 0 fully saturated rings. The molecule has 0 heterocycles. The fraction of sp³-hybridized carbons (Fsp3) is 0.333. The molecule has 0 bridgehead atoms. The molecule has 20 heavy (non-hydrogen) atoms. The normalized spacial score (nSPS) is 13.9. The highest BCUT2D eigenvalue weighted by molar-refractivity contribution is 5.26. The van der Waals surface area contributed by atoms with E-state index in [9.17, 15) is 0 Å². The van der Waals surface area contributed by atoms with Crippen molar-refractivity contribution in [3.8, 4) is 0 Å². The number of unbranched alkanes of at least 4 members (excludes halogenated alkanes) is 1. The van der Waals surface area contributed by atoms with Crippen LogP contribution in [0.3, 0.4) is 0 Å². The first-order valence-corrected chi connectivity index (χ1v) is 7.30. The third-order valence-electron chi connectivity index (χ3n) is 3.43. The predicted molar refractivity (Wildman–Crippen MR) is 83.4 cm³/mol. The summed E-state index contributed by atoms with van der Waals surface area (Å²) in [4.78, 5) is 0. The summed E-state index contributed by atoms with van der Waals surface area (Å²) >= 11 is 0. The minimum absolute atomic E-state index is 0.0925. The number of rotatable bonds is 7. The Morgan fingerprint density at radius 2 is 1.45 bits per heavy atom. The van der Waals surface area contributed by atoms with E-state index >= 15 is 0 Å². The smallest absolute Gasteiger partial charge is 0.102 e. The molecule has 0 radical (unpaired) electrons. The molecule has 2 N–H and O–H groups in total. The summed E-state index contributed by atoms with van der Waals surface area (Å²) < 4.78 is 6.06. The van der Waals surface area contributed by atoms with Gasteiger partial charge in [0.1, 0.15) is 6.10 Å². The van der Waals surface area contributed by atoms with Gasteiger partial charge in [0.15, 0.2) is 0 Å². The standard InChI is InChI=1S/C18H23NO/c1-2-3-14-20-18(16-12-8-5-9-13-16)17(19)15-10-6-4-7-11-15/h4-13,17-18H,2-3,14,19H2,1H3. The lowest BCUT2D eigenvalue weighted by Gasteiger charge is -2.25. The molecule has 106 valence electrons. The molecule has 2 heteroatoms. The highest BCUT2D eigenvalue weighted by Gasteiger charge is 2.21. The molecular weight excluding hydrogens is 246 g/mol. The van der Waals surface area contributed by atoms with E-state index < -0.39 is 0 Å². The van der Waals surface area contributed by atoms with Gasteiger partial charge in [0.2, 0.25) is 0 Å². The van der Waals surface area contributed by atoms with Gasteiger partial charge in [-0.2, -0.15) is 0 Å². The maximum Gasteiger partial charge on any atom is 0.102 e. The van der Waals surface area contributed by atoms with E-state index in [4.69, 9.17) is 10.5 Å². The summed E-state index contributed by atoms with van der Waals surface area (Å²) in [5.74, 6) is 0. The van der Waals surface area contributed by atoms with Crippen LogP contribution in [-0.4, -0.2) is 6.61 Å². The van der Waals surface area contributed by atoms with E-state index in [0.29, 0.717) is 0 Å². The first-order chi connectivity index (χ1) is 9.83. The average Bonchev–Trinajstić information content (AvgIpc) is 2.53. The van der Waals surface area contributed by atoms with Crippen molar-refractivity contribution in [2.45, 2.75) is 31.9 Å². The van der Waals surface area contributed by atoms with Crippen molar-refractivity contribution in [1.82, 2.24) is 0 Å². The van der Waals surface area contributed by atoms with Crippen LogP contribution in [0.2, 0.25) is 0 Å². The van der Waals surface area contributed by atoms with Gasteiger partial charge in [-0.3, -0.25) is 0 Å². The molecule has 2 aromatic carbocycles. The molecule has 2 nitrogen and oxygen atoms in total. The number of hydrogen-bond acceptors (Lipinski definition) is 2. The highest BCUT2D eigenvalue weighted by atomic mass is 16.5. The van der Waals surface area contributed by atoms with Gasteiger partial charge in [0, 0.05) is 6.61 Å². The van der Waals surface area contributed by atoms with E-state index in [1.165, 1.54) is 0 Å². The number of nitrogens with two attached hydrogens (primary N) is 1. The Morgan fingerprint density at radius 3 is 2.00 bits per heavy atom. The topological polar surface area (TPSA) is 35.2 Å². The molecule has 0 spiro atoms. The minimum Gasteiger partial charge on any atom is -0.372 e. The summed E-state index contributed by atoms with van der Waals surface area (Å²) in [6.07, 6.45) is 2.09. The molecule has 2 unspecified atom stereocenters. The van der Waals surface area contributed by atoms with Crippen LogP contribution in [0.15, 0.2) is 60.7 Å². The molecule has 0 aliphatic rings. The van der Waals surface area contributed by atoms with Crippen molar-refractivity contribution >= 4 is 0 Å². The fourth-order valence-corrected chi connectivity index (χ4v) is 2.25. The average molecular weight is 269 g/mol. The Labute approximate surface area is 121 Å². The first-order valence-electron chi connectivity index (χ1n) is 7.30. The Hall–Kier alpha value is -1.64. The van der Waals surface area contributed by atoms with E-state index in [-0.39, 0.29) is 12.1 Å². The Morgan fingerprint density at radius 1 is 0.900 bits per heavy atom. The monoisotopic (exact) mass is 269 g/mol. The zero-order chi connectivity index (χ0) is 14.2. The van der Waals surface area contributed by atoms with Crippen LogP contribution >= 0.6 is 0 Å². The van der Waals surface area contributed by atoms with Crippen molar-refractivity contribution in [3.63, 3.8) is 0 Å². The third-order valence-corrected chi connectivity index (χ3v) is 3.43. The molecule has 2 rings (SSSR count). The van der Waals surface area contributed by atoms with Crippen LogP contribution in [0.5, 0.6) is 0 Å². The second-order valence-corrected chi connectivity index (χ2v) is 4.99. The van der Waals surface area contributed by atoms with Gasteiger partial charge in [0.25, 0.3) is 0 Å². The van der Waals surface area contributed by atoms with Crippen molar-refractivity contribution in [2.24, 2.45) is 5.73 Å². The molecule has 0 saturated carbocycles. The molecule has 0 aliphatic carbocycles. The van der Waals surface area contributed by atoms with E-state index in [1.807, 2.05) is 36.4 Å². The van der Waals surface area contributed by atoms with Crippen LogP contribution in [-0.2, 0) is 4.74 Å². The zero-order valence-electron chi connectivity index (χ0n) is 12.0. The Balaban J connectivity index is 2.17. The Bertz CT molecular complexity index is 483.